The Hall–Kier alpha value is -0.0800. The first-order chi connectivity index (χ1) is 4.95. The van der Waals surface area contributed by atoms with E-state index in [0.717, 1.165) is 6.61 Å². The molecule has 58 valence electrons. The number of piperidine rings is 1. The van der Waals surface area contributed by atoms with E-state index in [4.69, 9.17) is 4.74 Å². The van der Waals surface area contributed by atoms with Crippen molar-refractivity contribution in [3.63, 3.8) is 0 Å². The molecule has 0 spiro atoms. The first kappa shape index (κ1) is 6.62. The fourth-order valence-electron chi connectivity index (χ4n) is 1.84. The molecule has 3 aliphatic rings. The summed E-state index contributed by atoms with van der Waals surface area (Å²) in [6.07, 6.45) is 4.35. The highest BCUT2D eigenvalue weighted by molar-refractivity contribution is 4.74. The molecular weight excluding hydrogens is 126 g/mol. The Balaban J connectivity index is 1.94. The van der Waals surface area contributed by atoms with Crippen LogP contribution in [0.25, 0.3) is 0 Å². The van der Waals surface area contributed by atoms with Gasteiger partial charge in [0.05, 0.1) is 6.10 Å². The maximum Gasteiger partial charge on any atom is 0.0599 e. The molecule has 3 heterocycles. The van der Waals surface area contributed by atoms with Crippen molar-refractivity contribution in [2.45, 2.75) is 25.4 Å². The summed E-state index contributed by atoms with van der Waals surface area (Å²) in [4.78, 5) is 2.55. The van der Waals surface area contributed by atoms with Crippen LogP contribution in [0, 0.1) is 0 Å². The number of ether oxygens (including phenoxy) is 1. The van der Waals surface area contributed by atoms with Gasteiger partial charge >= 0.3 is 0 Å². The van der Waals surface area contributed by atoms with Gasteiger partial charge in [0, 0.05) is 26.2 Å². The van der Waals surface area contributed by atoms with E-state index in [2.05, 4.69) is 4.90 Å². The lowest BCUT2D eigenvalue weighted by atomic mass is 10.1. The second-order valence-corrected chi connectivity index (χ2v) is 3.27. The van der Waals surface area contributed by atoms with Crippen LogP contribution in [0.1, 0.15) is 19.3 Å². The van der Waals surface area contributed by atoms with Gasteiger partial charge in [-0.3, -0.25) is 0 Å². The molecule has 3 aliphatic heterocycles. The molecular formula is C8H15NO. The first-order valence-electron chi connectivity index (χ1n) is 4.29. The van der Waals surface area contributed by atoms with Crippen molar-refractivity contribution >= 4 is 0 Å². The number of rotatable bonds is 0. The van der Waals surface area contributed by atoms with Crippen molar-refractivity contribution in [3.05, 3.63) is 0 Å². The summed E-state index contributed by atoms with van der Waals surface area (Å²) < 4.78 is 5.64. The van der Waals surface area contributed by atoms with Crippen LogP contribution in [-0.4, -0.2) is 37.2 Å². The lowest BCUT2D eigenvalue weighted by molar-refractivity contribution is -0.0187. The van der Waals surface area contributed by atoms with Crippen LogP contribution in [0.15, 0.2) is 0 Å². The third kappa shape index (κ3) is 1.32. The smallest absolute Gasteiger partial charge is 0.0599 e. The van der Waals surface area contributed by atoms with E-state index in [1.165, 1.54) is 38.9 Å². The topological polar surface area (TPSA) is 12.5 Å². The average Bonchev–Trinajstić information content (AvgIpc) is 1.89. The second kappa shape index (κ2) is 2.89. The average molecular weight is 141 g/mol. The SMILES string of the molecule is C1COC2CCN(C1)CC2. The van der Waals surface area contributed by atoms with Crippen LogP contribution >= 0.6 is 0 Å². The van der Waals surface area contributed by atoms with Crippen LogP contribution in [-0.2, 0) is 4.74 Å². The van der Waals surface area contributed by atoms with Crippen LogP contribution < -0.4 is 0 Å². The largest absolute Gasteiger partial charge is 0.378 e. The van der Waals surface area contributed by atoms with E-state index in [9.17, 15) is 0 Å². The van der Waals surface area contributed by atoms with Gasteiger partial charge < -0.3 is 9.64 Å². The van der Waals surface area contributed by atoms with Gasteiger partial charge in [-0.2, -0.15) is 0 Å². The summed E-state index contributed by atoms with van der Waals surface area (Å²) in [7, 11) is 0. The molecule has 3 rings (SSSR count). The van der Waals surface area contributed by atoms with Crippen LogP contribution in [0.2, 0.25) is 0 Å². The summed E-state index contributed by atoms with van der Waals surface area (Å²) in [5.41, 5.74) is 0. The minimum absolute atomic E-state index is 0.594. The quantitative estimate of drug-likeness (QED) is 0.496. The summed E-state index contributed by atoms with van der Waals surface area (Å²) in [5, 5.41) is 0. The van der Waals surface area contributed by atoms with Gasteiger partial charge in [0.2, 0.25) is 0 Å². The maximum atomic E-state index is 5.64. The molecule has 0 aromatic heterocycles. The predicted molar refractivity (Wildman–Crippen MR) is 40.0 cm³/mol. The molecule has 0 aromatic carbocycles. The van der Waals surface area contributed by atoms with Crippen LogP contribution in [0.5, 0.6) is 0 Å². The monoisotopic (exact) mass is 141 g/mol. The molecule has 0 amide bonds. The normalized spacial score (nSPS) is 40.8. The molecule has 3 fully saturated rings. The van der Waals surface area contributed by atoms with Crippen LogP contribution in [0.3, 0.4) is 0 Å². The Labute approximate surface area is 62.2 Å². The van der Waals surface area contributed by atoms with E-state index in [0.29, 0.717) is 6.10 Å². The van der Waals surface area contributed by atoms with Crippen molar-refractivity contribution in [3.8, 4) is 0 Å². The zero-order valence-electron chi connectivity index (χ0n) is 6.38. The fraction of sp³-hybridized carbons (Fsp3) is 1.00. The molecule has 2 heteroatoms. The van der Waals surface area contributed by atoms with Gasteiger partial charge in [-0.25, -0.2) is 0 Å². The van der Waals surface area contributed by atoms with Crippen molar-refractivity contribution in [2.75, 3.05) is 26.2 Å². The fourth-order valence-corrected chi connectivity index (χ4v) is 1.84. The van der Waals surface area contributed by atoms with Gasteiger partial charge in [-0.15, -0.1) is 0 Å². The van der Waals surface area contributed by atoms with Crippen molar-refractivity contribution in [2.24, 2.45) is 0 Å². The molecule has 0 atom stereocenters. The number of nitrogens with zero attached hydrogens (tertiary/aromatic N) is 1. The minimum atomic E-state index is 0.594. The molecule has 0 aliphatic carbocycles. The predicted octanol–water partition coefficient (Wildman–Crippen LogP) is 0.871. The molecule has 0 radical (unpaired) electrons. The standard InChI is InChI=1S/C8H15NO/c1-4-9-5-2-8(3-6-9)10-7-1/h8H,1-7H2. The zero-order chi connectivity index (χ0) is 6.81. The highest BCUT2D eigenvalue weighted by Gasteiger charge is 2.21. The number of hydrogen-bond donors (Lipinski definition) is 0. The molecule has 0 saturated carbocycles. The molecule has 3 saturated heterocycles. The lowest BCUT2D eigenvalue weighted by Crippen LogP contribution is -2.40. The van der Waals surface area contributed by atoms with E-state index in [-0.39, 0.29) is 0 Å². The summed E-state index contributed by atoms with van der Waals surface area (Å²) >= 11 is 0. The third-order valence-electron chi connectivity index (χ3n) is 2.51. The molecule has 10 heavy (non-hydrogen) atoms. The van der Waals surface area contributed by atoms with E-state index in [1.54, 1.807) is 0 Å². The maximum absolute atomic E-state index is 5.64. The first-order valence-corrected chi connectivity index (χ1v) is 4.29. The Bertz CT molecular complexity index is 88.3. The van der Waals surface area contributed by atoms with Crippen molar-refractivity contribution < 1.29 is 4.74 Å². The van der Waals surface area contributed by atoms with Gasteiger partial charge in [0.1, 0.15) is 0 Å². The van der Waals surface area contributed by atoms with Crippen molar-refractivity contribution in [1.29, 1.82) is 0 Å². The zero-order valence-corrected chi connectivity index (χ0v) is 6.38. The summed E-state index contributed by atoms with van der Waals surface area (Å²) in [5.74, 6) is 0. The Morgan fingerprint density at radius 2 is 1.90 bits per heavy atom. The third-order valence-corrected chi connectivity index (χ3v) is 2.51. The van der Waals surface area contributed by atoms with Crippen LogP contribution in [0.4, 0.5) is 0 Å². The van der Waals surface area contributed by atoms with E-state index >= 15 is 0 Å². The van der Waals surface area contributed by atoms with E-state index < -0.39 is 0 Å². The highest BCUT2D eigenvalue weighted by Crippen LogP contribution is 2.16. The van der Waals surface area contributed by atoms with Crippen molar-refractivity contribution in [1.82, 2.24) is 4.90 Å². The highest BCUT2D eigenvalue weighted by atomic mass is 16.5. The molecule has 0 N–H and O–H groups in total. The molecule has 0 unspecified atom stereocenters. The number of hydrogen-bond acceptors (Lipinski definition) is 2. The summed E-state index contributed by atoms with van der Waals surface area (Å²) in [6.45, 7) is 4.78. The molecule has 2 bridgehead atoms. The van der Waals surface area contributed by atoms with Gasteiger partial charge in [0.15, 0.2) is 0 Å². The number of fused-ring (bicyclic) bond motifs is 5. The van der Waals surface area contributed by atoms with Gasteiger partial charge in [0.25, 0.3) is 0 Å². The second-order valence-electron chi connectivity index (χ2n) is 3.27. The van der Waals surface area contributed by atoms with Gasteiger partial charge in [-0.1, -0.05) is 0 Å². The summed E-state index contributed by atoms with van der Waals surface area (Å²) in [6, 6.07) is 0. The molecule has 0 aromatic rings. The van der Waals surface area contributed by atoms with E-state index in [1.807, 2.05) is 0 Å². The lowest BCUT2D eigenvalue weighted by Gasteiger charge is -2.34. The Kier molecular flexibility index (Phi) is 1.91. The Morgan fingerprint density at radius 3 is 2.70 bits per heavy atom. The Morgan fingerprint density at radius 1 is 1.10 bits per heavy atom. The van der Waals surface area contributed by atoms with Gasteiger partial charge in [-0.05, 0) is 19.3 Å². The molecule has 2 nitrogen and oxygen atoms in total. The minimum Gasteiger partial charge on any atom is -0.378 e.